The number of aryl methyl sites for hydroxylation is 3. The Balaban J connectivity index is 2.32. The fraction of sp³-hybridized carbons (Fsp3) is 0.357. The summed E-state index contributed by atoms with van der Waals surface area (Å²) in [5, 5.41) is 4.79. The lowest BCUT2D eigenvalue weighted by Crippen LogP contribution is -2.31. The van der Waals surface area contributed by atoms with E-state index in [0.717, 1.165) is 12.1 Å². The summed E-state index contributed by atoms with van der Waals surface area (Å²) in [5.74, 6) is 5.69. The molecule has 2 aromatic rings. The second kappa shape index (κ2) is 5.74. The van der Waals surface area contributed by atoms with Gasteiger partial charge in [0.2, 0.25) is 0 Å². The second-order valence-electron chi connectivity index (χ2n) is 4.85. The fourth-order valence-corrected chi connectivity index (χ4v) is 2.58. The molecule has 0 amide bonds. The van der Waals surface area contributed by atoms with Gasteiger partial charge in [-0.15, -0.1) is 0 Å². The Hall–Kier alpha value is -1.36. The number of nitrogens with zero attached hydrogens (tertiary/aromatic N) is 2. The van der Waals surface area contributed by atoms with Crippen LogP contribution in [0.2, 0.25) is 5.02 Å². The number of hydrazine groups is 1. The van der Waals surface area contributed by atoms with Crippen LogP contribution in [0.5, 0.6) is 0 Å². The van der Waals surface area contributed by atoms with Crippen molar-refractivity contribution in [1.29, 1.82) is 0 Å². The zero-order valence-corrected chi connectivity index (χ0v) is 12.2. The van der Waals surface area contributed by atoms with Crippen molar-refractivity contribution in [2.24, 2.45) is 12.9 Å². The van der Waals surface area contributed by atoms with E-state index in [-0.39, 0.29) is 6.04 Å². The Morgan fingerprint density at radius 1 is 1.42 bits per heavy atom. The first-order chi connectivity index (χ1) is 9.02. The molecular weight excluding hydrogens is 260 g/mol. The maximum absolute atomic E-state index is 6.18. The average molecular weight is 279 g/mol. The monoisotopic (exact) mass is 278 g/mol. The molecule has 5 heteroatoms. The third-order valence-electron chi connectivity index (χ3n) is 3.40. The molecule has 19 heavy (non-hydrogen) atoms. The van der Waals surface area contributed by atoms with Crippen LogP contribution in [0.3, 0.4) is 0 Å². The third kappa shape index (κ3) is 2.97. The van der Waals surface area contributed by atoms with Crippen LogP contribution in [-0.4, -0.2) is 9.78 Å². The minimum absolute atomic E-state index is 0.0551. The summed E-state index contributed by atoms with van der Waals surface area (Å²) < 4.78 is 1.76. The van der Waals surface area contributed by atoms with Crippen LogP contribution in [0.25, 0.3) is 0 Å². The average Bonchev–Trinajstić information content (AvgIpc) is 2.71. The van der Waals surface area contributed by atoms with Crippen LogP contribution in [0.4, 0.5) is 0 Å². The fourth-order valence-electron chi connectivity index (χ4n) is 2.29. The van der Waals surface area contributed by atoms with Gasteiger partial charge in [0.1, 0.15) is 0 Å². The molecule has 0 spiro atoms. The van der Waals surface area contributed by atoms with E-state index in [1.54, 1.807) is 10.9 Å². The van der Waals surface area contributed by atoms with Crippen LogP contribution in [-0.2, 0) is 13.5 Å². The van der Waals surface area contributed by atoms with Crippen LogP contribution in [0.1, 0.15) is 28.4 Å². The van der Waals surface area contributed by atoms with Crippen molar-refractivity contribution in [3.05, 3.63) is 51.8 Å². The summed E-state index contributed by atoms with van der Waals surface area (Å²) in [4.78, 5) is 0. The highest BCUT2D eigenvalue weighted by Crippen LogP contribution is 2.26. The molecule has 4 nitrogen and oxygen atoms in total. The molecule has 1 atom stereocenters. The van der Waals surface area contributed by atoms with Crippen LogP contribution >= 0.6 is 11.6 Å². The number of benzene rings is 1. The SMILES string of the molecule is Cc1ccc(C)c(CC(NN)c2c(Cl)cnn2C)c1. The summed E-state index contributed by atoms with van der Waals surface area (Å²) in [6.45, 7) is 4.19. The van der Waals surface area contributed by atoms with Crippen molar-refractivity contribution in [3.63, 3.8) is 0 Å². The van der Waals surface area contributed by atoms with Gasteiger partial charge in [-0.2, -0.15) is 5.10 Å². The summed E-state index contributed by atoms with van der Waals surface area (Å²) in [5.41, 5.74) is 7.50. The van der Waals surface area contributed by atoms with Gasteiger partial charge >= 0.3 is 0 Å². The van der Waals surface area contributed by atoms with Gasteiger partial charge in [-0.25, -0.2) is 0 Å². The highest BCUT2D eigenvalue weighted by atomic mass is 35.5. The molecule has 0 saturated heterocycles. The predicted octanol–water partition coefficient (Wildman–Crippen LogP) is 2.44. The minimum Gasteiger partial charge on any atom is -0.271 e. The van der Waals surface area contributed by atoms with Gasteiger partial charge in [0, 0.05) is 7.05 Å². The Labute approximate surface area is 118 Å². The van der Waals surface area contributed by atoms with E-state index in [1.807, 2.05) is 7.05 Å². The quantitative estimate of drug-likeness (QED) is 0.667. The summed E-state index contributed by atoms with van der Waals surface area (Å²) in [7, 11) is 1.87. The van der Waals surface area contributed by atoms with Gasteiger partial charge in [-0.05, 0) is 31.4 Å². The van der Waals surface area contributed by atoms with Crippen LogP contribution < -0.4 is 11.3 Å². The molecule has 0 radical (unpaired) electrons. The highest BCUT2D eigenvalue weighted by Gasteiger charge is 2.19. The number of nitrogens with two attached hydrogens (primary N) is 1. The molecule has 0 bridgehead atoms. The van der Waals surface area contributed by atoms with Crippen molar-refractivity contribution < 1.29 is 0 Å². The molecule has 2 rings (SSSR count). The van der Waals surface area contributed by atoms with E-state index >= 15 is 0 Å². The van der Waals surface area contributed by atoms with Crippen LogP contribution in [0.15, 0.2) is 24.4 Å². The first kappa shape index (κ1) is 14.1. The molecular formula is C14H19ClN4. The molecule has 0 fully saturated rings. The van der Waals surface area contributed by atoms with Crippen LogP contribution in [0, 0.1) is 13.8 Å². The Kier molecular flexibility index (Phi) is 4.24. The first-order valence-corrected chi connectivity index (χ1v) is 6.60. The number of hydrogen-bond acceptors (Lipinski definition) is 3. The molecule has 1 unspecified atom stereocenters. The molecule has 0 aliphatic heterocycles. The normalized spacial score (nSPS) is 12.7. The predicted molar refractivity (Wildman–Crippen MR) is 77.9 cm³/mol. The topological polar surface area (TPSA) is 55.9 Å². The van der Waals surface area contributed by atoms with Gasteiger partial charge in [-0.3, -0.25) is 16.0 Å². The zero-order valence-electron chi connectivity index (χ0n) is 11.4. The number of halogens is 1. The minimum atomic E-state index is -0.0551. The van der Waals surface area contributed by atoms with E-state index in [1.165, 1.54) is 16.7 Å². The smallest absolute Gasteiger partial charge is 0.0834 e. The third-order valence-corrected chi connectivity index (χ3v) is 3.69. The summed E-state index contributed by atoms with van der Waals surface area (Å²) in [6.07, 6.45) is 2.42. The van der Waals surface area contributed by atoms with Crippen molar-refractivity contribution >= 4 is 11.6 Å². The summed E-state index contributed by atoms with van der Waals surface area (Å²) in [6, 6.07) is 6.37. The van der Waals surface area contributed by atoms with E-state index in [2.05, 4.69) is 42.6 Å². The molecule has 1 heterocycles. The van der Waals surface area contributed by atoms with E-state index in [4.69, 9.17) is 17.4 Å². The van der Waals surface area contributed by atoms with Crippen molar-refractivity contribution in [3.8, 4) is 0 Å². The van der Waals surface area contributed by atoms with E-state index < -0.39 is 0 Å². The van der Waals surface area contributed by atoms with Gasteiger partial charge < -0.3 is 0 Å². The second-order valence-corrected chi connectivity index (χ2v) is 5.26. The van der Waals surface area contributed by atoms with Crippen molar-refractivity contribution in [2.45, 2.75) is 26.3 Å². The lowest BCUT2D eigenvalue weighted by Gasteiger charge is -2.18. The molecule has 1 aromatic carbocycles. The Morgan fingerprint density at radius 3 is 2.74 bits per heavy atom. The largest absolute Gasteiger partial charge is 0.271 e. The Bertz CT molecular complexity index is 557. The number of nitrogens with one attached hydrogen (secondary N) is 1. The van der Waals surface area contributed by atoms with Gasteiger partial charge in [-0.1, -0.05) is 35.4 Å². The zero-order chi connectivity index (χ0) is 14.0. The van der Waals surface area contributed by atoms with E-state index in [0.29, 0.717) is 5.02 Å². The first-order valence-electron chi connectivity index (χ1n) is 6.22. The van der Waals surface area contributed by atoms with E-state index in [9.17, 15) is 0 Å². The number of rotatable bonds is 4. The maximum atomic E-state index is 6.18. The lowest BCUT2D eigenvalue weighted by atomic mass is 9.97. The van der Waals surface area contributed by atoms with Gasteiger partial charge in [0.25, 0.3) is 0 Å². The highest BCUT2D eigenvalue weighted by molar-refractivity contribution is 6.31. The molecule has 0 aliphatic carbocycles. The molecule has 0 aliphatic rings. The van der Waals surface area contributed by atoms with Crippen molar-refractivity contribution in [2.75, 3.05) is 0 Å². The Morgan fingerprint density at radius 2 is 2.16 bits per heavy atom. The number of hydrogen-bond donors (Lipinski definition) is 2. The van der Waals surface area contributed by atoms with Gasteiger partial charge in [0.05, 0.1) is 23.0 Å². The molecule has 3 N–H and O–H groups in total. The molecule has 1 aromatic heterocycles. The van der Waals surface area contributed by atoms with Gasteiger partial charge in [0.15, 0.2) is 0 Å². The molecule has 102 valence electrons. The number of aromatic nitrogens is 2. The lowest BCUT2D eigenvalue weighted by molar-refractivity contribution is 0.508. The van der Waals surface area contributed by atoms with Crippen molar-refractivity contribution in [1.82, 2.24) is 15.2 Å². The summed E-state index contributed by atoms with van der Waals surface area (Å²) >= 11 is 6.18. The standard InChI is InChI=1S/C14H19ClN4/c1-9-4-5-10(2)11(6-9)7-13(18-16)14-12(15)8-17-19(14)3/h4-6,8,13,18H,7,16H2,1-3H3. The maximum Gasteiger partial charge on any atom is 0.0834 e. The molecule has 0 saturated carbocycles.